The van der Waals surface area contributed by atoms with Gasteiger partial charge in [-0.25, -0.2) is 4.98 Å². The van der Waals surface area contributed by atoms with Crippen LogP contribution in [-0.2, 0) is 0 Å². The minimum absolute atomic E-state index is 0.518. The van der Waals surface area contributed by atoms with Gasteiger partial charge in [0, 0.05) is 11.1 Å². The molecule has 0 amide bonds. The molecular formula is C17H16N2OS. The maximum atomic E-state index is 11.4. The molecule has 0 fully saturated rings. The summed E-state index contributed by atoms with van der Waals surface area (Å²) in [5.41, 5.74) is 2.70. The van der Waals surface area contributed by atoms with Gasteiger partial charge >= 0.3 is 0 Å². The Hall–Kier alpha value is -2.07. The van der Waals surface area contributed by atoms with E-state index >= 15 is 0 Å². The van der Waals surface area contributed by atoms with Crippen LogP contribution in [0.15, 0.2) is 58.6 Å². The van der Waals surface area contributed by atoms with E-state index in [0.29, 0.717) is 11.6 Å². The Morgan fingerprint density at radius 1 is 1.14 bits per heavy atom. The number of aromatic nitrogens is 2. The summed E-state index contributed by atoms with van der Waals surface area (Å²) in [5, 5.41) is 0.744. The van der Waals surface area contributed by atoms with E-state index in [1.807, 2.05) is 28.8 Å². The summed E-state index contributed by atoms with van der Waals surface area (Å²) < 4.78 is 1.82. The number of aldehydes is 1. The summed E-state index contributed by atoms with van der Waals surface area (Å²) in [6, 6.07) is 14.1. The number of hydrogen-bond acceptors (Lipinski definition) is 3. The Labute approximate surface area is 128 Å². The lowest BCUT2D eigenvalue weighted by molar-refractivity contribution is 0.111. The van der Waals surface area contributed by atoms with Gasteiger partial charge in [-0.1, -0.05) is 43.8 Å². The Kier molecular flexibility index (Phi) is 3.80. The highest BCUT2D eigenvalue weighted by molar-refractivity contribution is 7.99. The van der Waals surface area contributed by atoms with E-state index in [2.05, 4.69) is 43.1 Å². The Morgan fingerprint density at radius 3 is 2.57 bits per heavy atom. The predicted molar refractivity (Wildman–Crippen MR) is 85.2 cm³/mol. The van der Waals surface area contributed by atoms with Gasteiger partial charge in [-0.2, -0.15) is 0 Å². The molecule has 0 radical (unpaired) electrons. The third-order valence-corrected chi connectivity index (χ3v) is 4.41. The zero-order chi connectivity index (χ0) is 14.8. The van der Waals surface area contributed by atoms with Crippen LogP contribution in [0.4, 0.5) is 0 Å². The first-order valence-electron chi connectivity index (χ1n) is 6.89. The number of fused-ring (bicyclic) bond motifs is 1. The number of carbonyl (C=O) groups excluding carboxylic acids is 1. The van der Waals surface area contributed by atoms with Crippen LogP contribution in [0, 0.1) is 0 Å². The van der Waals surface area contributed by atoms with E-state index in [0.717, 1.165) is 21.9 Å². The standard InChI is InChI=1S/C17H16N2OS/c1-12(2)13-6-8-14(9-7-13)21-17-15(11-20)19-10-4-3-5-16(19)18-17/h3-12H,1-2H3. The van der Waals surface area contributed by atoms with Crippen LogP contribution in [0.2, 0.25) is 0 Å². The number of carbonyl (C=O) groups is 1. The van der Waals surface area contributed by atoms with Crippen LogP contribution in [0.5, 0.6) is 0 Å². The first kappa shape index (κ1) is 13.9. The number of pyridine rings is 1. The van der Waals surface area contributed by atoms with Crippen LogP contribution in [0.25, 0.3) is 5.65 Å². The SMILES string of the molecule is CC(C)c1ccc(Sc2nc3ccccn3c2C=O)cc1. The van der Waals surface area contributed by atoms with Crippen molar-refractivity contribution in [3.8, 4) is 0 Å². The number of nitrogens with zero attached hydrogens (tertiary/aromatic N) is 2. The van der Waals surface area contributed by atoms with Crippen LogP contribution >= 0.6 is 11.8 Å². The van der Waals surface area contributed by atoms with Crippen molar-refractivity contribution in [1.29, 1.82) is 0 Å². The van der Waals surface area contributed by atoms with Gasteiger partial charge in [-0.05, 0) is 35.7 Å². The second-order valence-electron chi connectivity index (χ2n) is 5.17. The molecule has 0 saturated heterocycles. The van der Waals surface area contributed by atoms with E-state index in [1.54, 1.807) is 0 Å². The van der Waals surface area contributed by atoms with Gasteiger partial charge in [0.2, 0.25) is 0 Å². The fraction of sp³-hybridized carbons (Fsp3) is 0.176. The predicted octanol–water partition coefficient (Wildman–Crippen LogP) is 4.42. The normalized spacial score (nSPS) is 11.2. The zero-order valence-corrected chi connectivity index (χ0v) is 12.8. The monoisotopic (exact) mass is 296 g/mol. The highest BCUT2D eigenvalue weighted by Gasteiger charge is 2.12. The van der Waals surface area contributed by atoms with Gasteiger partial charge in [-0.3, -0.25) is 9.20 Å². The highest BCUT2D eigenvalue weighted by atomic mass is 32.2. The summed E-state index contributed by atoms with van der Waals surface area (Å²) in [4.78, 5) is 17.0. The first-order valence-corrected chi connectivity index (χ1v) is 7.71. The molecule has 0 spiro atoms. The van der Waals surface area contributed by atoms with Crippen molar-refractivity contribution in [2.24, 2.45) is 0 Å². The van der Waals surface area contributed by atoms with Gasteiger partial charge in [0.1, 0.15) is 16.4 Å². The van der Waals surface area contributed by atoms with E-state index in [4.69, 9.17) is 0 Å². The molecule has 0 N–H and O–H groups in total. The summed E-state index contributed by atoms with van der Waals surface area (Å²) in [6.45, 7) is 4.35. The molecular weight excluding hydrogens is 280 g/mol. The molecule has 0 aliphatic heterocycles. The van der Waals surface area contributed by atoms with Crippen LogP contribution in [0.3, 0.4) is 0 Å². The summed E-state index contributed by atoms with van der Waals surface area (Å²) in [5.74, 6) is 0.518. The van der Waals surface area contributed by atoms with Crippen molar-refractivity contribution in [2.75, 3.05) is 0 Å². The maximum Gasteiger partial charge on any atom is 0.169 e. The molecule has 2 heterocycles. The quantitative estimate of drug-likeness (QED) is 0.668. The van der Waals surface area contributed by atoms with E-state index in [-0.39, 0.29) is 0 Å². The minimum atomic E-state index is 0.518. The molecule has 3 aromatic rings. The van der Waals surface area contributed by atoms with Crippen LogP contribution < -0.4 is 0 Å². The Bertz CT molecular complexity index is 775. The molecule has 0 bridgehead atoms. The van der Waals surface area contributed by atoms with Crippen molar-refractivity contribution in [2.45, 2.75) is 29.7 Å². The Morgan fingerprint density at radius 2 is 1.90 bits per heavy atom. The average Bonchev–Trinajstić information content (AvgIpc) is 2.84. The molecule has 1 aromatic carbocycles. The second-order valence-corrected chi connectivity index (χ2v) is 6.24. The molecule has 2 aromatic heterocycles. The minimum Gasteiger partial charge on any atom is -0.296 e. The first-order chi connectivity index (χ1) is 10.2. The van der Waals surface area contributed by atoms with Crippen LogP contribution in [0.1, 0.15) is 35.8 Å². The van der Waals surface area contributed by atoms with Crippen LogP contribution in [-0.4, -0.2) is 15.7 Å². The molecule has 0 unspecified atom stereocenters. The van der Waals surface area contributed by atoms with Crippen molar-refractivity contribution in [3.05, 3.63) is 59.9 Å². The second kappa shape index (κ2) is 5.74. The van der Waals surface area contributed by atoms with Gasteiger partial charge in [-0.15, -0.1) is 0 Å². The van der Waals surface area contributed by atoms with Crippen molar-refractivity contribution in [3.63, 3.8) is 0 Å². The molecule has 4 heteroatoms. The lowest BCUT2D eigenvalue weighted by Crippen LogP contribution is -1.90. The topological polar surface area (TPSA) is 34.4 Å². The molecule has 0 atom stereocenters. The Balaban J connectivity index is 1.95. The fourth-order valence-electron chi connectivity index (χ4n) is 2.21. The molecule has 0 aliphatic rings. The number of imidazole rings is 1. The van der Waals surface area contributed by atoms with Gasteiger partial charge < -0.3 is 0 Å². The molecule has 0 saturated carbocycles. The largest absolute Gasteiger partial charge is 0.296 e. The summed E-state index contributed by atoms with van der Waals surface area (Å²) in [6.07, 6.45) is 2.73. The third-order valence-electron chi connectivity index (χ3n) is 3.41. The van der Waals surface area contributed by atoms with E-state index in [1.165, 1.54) is 17.3 Å². The molecule has 106 valence electrons. The highest BCUT2D eigenvalue weighted by Crippen LogP contribution is 2.30. The lowest BCUT2D eigenvalue weighted by Gasteiger charge is -2.06. The summed E-state index contributed by atoms with van der Waals surface area (Å²) >= 11 is 1.52. The lowest BCUT2D eigenvalue weighted by atomic mass is 10.0. The van der Waals surface area contributed by atoms with Crippen molar-refractivity contribution < 1.29 is 4.79 Å². The average molecular weight is 296 g/mol. The molecule has 21 heavy (non-hydrogen) atoms. The van der Waals surface area contributed by atoms with Crippen molar-refractivity contribution in [1.82, 2.24) is 9.38 Å². The number of benzene rings is 1. The smallest absolute Gasteiger partial charge is 0.169 e. The molecule has 0 aliphatic carbocycles. The molecule has 3 nitrogen and oxygen atoms in total. The van der Waals surface area contributed by atoms with E-state index in [9.17, 15) is 4.79 Å². The summed E-state index contributed by atoms with van der Waals surface area (Å²) in [7, 11) is 0. The third kappa shape index (κ3) is 2.72. The van der Waals surface area contributed by atoms with Crippen molar-refractivity contribution >= 4 is 23.7 Å². The number of hydrogen-bond donors (Lipinski definition) is 0. The fourth-order valence-corrected chi connectivity index (χ4v) is 3.09. The zero-order valence-electron chi connectivity index (χ0n) is 12.0. The molecule has 3 rings (SSSR count). The van der Waals surface area contributed by atoms with Gasteiger partial charge in [0.25, 0.3) is 0 Å². The van der Waals surface area contributed by atoms with Gasteiger partial charge in [0.15, 0.2) is 6.29 Å². The number of rotatable bonds is 4. The van der Waals surface area contributed by atoms with E-state index < -0.39 is 0 Å². The van der Waals surface area contributed by atoms with Gasteiger partial charge in [0.05, 0.1) is 0 Å². The maximum absolute atomic E-state index is 11.4.